The Hall–Kier alpha value is -0.860. The van der Waals surface area contributed by atoms with Crippen molar-refractivity contribution in [3.63, 3.8) is 0 Å². The quantitative estimate of drug-likeness (QED) is 0.152. The van der Waals surface area contributed by atoms with Gasteiger partial charge in [-0.1, -0.05) is 131 Å². The molecular weight excluding hydrogens is 408 g/mol. The first-order valence-corrected chi connectivity index (χ1v) is 14.6. The fourth-order valence-corrected chi connectivity index (χ4v) is 4.30. The van der Waals surface area contributed by atoms with Crippen molar-refractivity contribution in [3.05, 3.63) is 0 Å². The van der Waals surface area contributed by atoms with Gasteiger partial charge in [0.05, 0.1) is 0 Å². The Bertz CT molecular complexity index is 403. The Morgan fingerprint density at radius 1 is 0.545 bits per heavy atom. The van der Waals surface area contributed by atoms with Gasteiger partial charge in [0.25, 0.3) is 0 Å². The van der Waals surface area contributed by atoms with Gasteiger partial charge in [-0.05, 0) is 31.1 Å². The summed E-state index contributed by atoms with van der Waals surface area (Å²) in [6, 6.07) is 0. The SMILES string of the molecule is CCCCCCC(=O)CCCCCC.CCCCCCC(CCCCCCC(=O)O)C(C)C. The van der Waals surface area contributed by atoms with E-state index in [1.54, 1.807) is 0 Å². The molecule has 0 aromatic rings. The van der Waals surface area contributed by atoms with E-state index in [-0.39, 0.29) is 0 Å². The largest absolute Gasteiger partial charge is 0.481 e. The van der Waals surface area contributed by atoms with E-state index in [1.165, 1.54) is 89.9 Å². The van der Waals surface area contributed by atoms with E-state index in [0.29, 0.717) is 12.2 Å². The third-order valence-corrected chi connectivity index (χ3v) is 6.71. The number of carbonyl (C=O) groups is 2. The smallest absolute Gasteiger partial charge is 0.303 e. The number of ketones is 1. The monoisotopic (exact) mass is 468 g/mol. The number of Topliss-reactive ketones (excluding diaryl/α,β-unsaturated/α-hetero) is 1. The average molecular weight is 469 g/mol. The summed E-state index contributed by atoms with van der Waals surface area (Å²) in [5.41, 5.74) is 0. The molecule has 1 unspecified atom stereocenters. The minimum absolute atomic E-state index is 0.338. The molecule has 0 aromatic heterocycles. The van der Waals surface area contributed by atoms with Crippen molar-refractivity contribution in [1.29, 1.82) is 0 Å². The van der Waals surface area contributed by atoms with E-state index < -0.39 is 5.97 Å². The van der Waals surface area contributed by atoms with Gasteiger partial charge in [-0.2, -0.15) is 0 Å². The molecule has 0 saturated heterocycles. The Balaban J connectivity index is 0. The van der Waals surface area contributed by atoms with Gasteiger partial charge in [0.2, 0.25) is 0 Å². The second-order valence-electron chi connectivity index (χ2n) is 10.4. The van der Waals surface area contributed by atoms with Gasteiger partial charge >= 0.3 is 5.97 Å². The lowest BCUT2D eigenvalue weighted by Gasteiger charge is -2.20. The normalized spacial score (nSPS) is 11.8. The van der Waals surface area contributed by atoms with Crippen molar-refractivity contribution in [2.24, 2.45) is 11.8 Å². The highest BCUT2D eigenvalue weighted by Gasteiger charge is 2.12. The zero-order valence-corrected chi connectivity index (χ0v) is 23.3. The Morgan fingerprint density at radius 2 is 0.909 bits per heavy atom. The summed E-state index contributed by atoms with van der Waals surface area (Å²) in [5, 5.41) is 8.57. The molecule has 3 heteroatoms. The van der Waals surface area contributed by atoms with E-state index in [1.807, 2.05) is 0 Å². The summed E-state index contributed by atoms with van der Waals surface area (Å²) >= 11 is 0. The fraction of sp³-hybridized carbons (Fsp3) is 0.933. The van der Waals surface area contributed by atoms with Crippen LogP contribution in [0.2, 0.25) is 0 Å². The molecule has 0 aliphatic rings. The summed E-state index contributed by atoms with van der Waals surface area (Å²) in [6.07, 6.45) is 24.3. The number of unbranched alkanes of at least 4 members (excludes halogenated alkanes) is 12. The van der Waals surface area contributed by atoms with Crippen LogP contribution in [-0.2, 0) is 9.59 Å². The molecule has 0 bridgehead atoms. The average Bonchev–Trinajstić information content (AvgIpc) is 2.78. The summed E-state index contributed by atoms with van der Waals surface area (Å²) in [7, 11) is 0. The summed E-state index contributed by atoms with van der Waals surface area (Å²) < 4.78 is 0. The molecule has 1 atom stereocenters. The van der Waals surface area contributed by atoms with Crippen LogP contribution in [0.5, 0.6) is 0 Å². The van der Waals surface area contributed by atoms with Crippen LogP contribution in [0.4, 0.5) is 0 Å². The first-order chi connectivity index (χ1) is 15.9. The molecule has 1 N–H and O–H groups in total. The van der Waals surface area contributed by atoms with Gasteiger partial charge < -0.3 is 5.11 Å². The van der Waals surface area contributed by atoms with Crippen molar-refractivity contribution in [3.8, 4) is 0 Å². The van der Waals surface area contributed by atoms with E-state index >= 15 is 0 Å². The zero-order chi connectivity index (χ0) is 25.2. The van der Waals surface area contributed by atoms with Crippen LogP contribution in [0.25, 0.3) is 0 Å². The molecule has 0 aromatic carbocycles. The van der Waals surface area contributed by atoms with Crippen molar-refractivity contribution < 1.29 is 14.7 Å². The topological polar surface area (TPSA) is 54.4 Å². The number of rotatable bonds is 23. The first kappa shape index (κ1) is 34.3. The highest BCUT2D eigenvalue weighted by molar-refractivity contribution is 5.78. The summed E-state index contributed by atoms with van der Waals surface area (Å²) in [5.74, 6) is 1.49. The lowest BCUT2D eigenvalue weighted by molar-refractivity contribution is -0.137. The molecule has 0 heterocycles. The molecule has 198 valence electrons. The van der Waals surface area contributed by atoms with E-state index in [9.17, 15) is 9.59 Å². The Labute approximate surface area is 207 Å². The third kappa shape index (κ3) is 29.1. The zero-order valence-electron chi connectivity index (χ0n) is 23.3. The molecule has 0 aliphatic carbocycles. The number of hydrogen-bond acceptors (Lipinski definition) is 2. The number of carboxylic acids is 1. The van der Waals surface area contributed by atoms with Crippen LogP contribution < -0.4 is 0 Å². The van der Waals surface area contributed by atoms with Gasteiger partial charge in [-0.25, -0.2) is 0 Å². The van der Waals surface area contributed by atoms with Gasteiger partial charge in [-0.15, -0.1) is 0 Å². The van der Waals surface area contributed by atoms with Crippen LogP contribution >= 0.6 is 0 Å². The molecule has 0 saturated carbocycles. The van der Waals surface area contributed by atoms with Crippen LogP contribution in [0, 0.1) is 11.8 Å². The molecule has 0 fully saturated rings. The highest BCUT2D eigenvalue weighted by atomic mass is 16.4. The second-order valence-corrected chi connectivity index (χ2v) is 10.4. The molecule has 3 nitrogen and oxygen atoms in total. The highest BCUT2D eigenvalue weighted by Crippen LogP contribution is 2.25. The van der Waals surface area contributed by atoms with Crippen LogP contribution in [0.3, 0.4) is 0 Å². The van der Waals surface area contributed by atoms with Crippen molar-refractivity contribution in [2.75, 3.05) is 0 Å². The van der Waals surface area contributed by atoms with Gasteiger partial charge in [0.1, 0.15) is 5.78 Å². The molecule has 0 radical (unpaired) electrons. The maximum Gasteiger partial charge on any atom is 0.303 e. The van der Waals surface area contributed by atoms with E-state index in [4.69, 9.17) is 5.11 Å². The van der Waals surface area contributed by atoms with Crippen molar-refractivity contribution >= 4 is 11.8 Å². The molecular formula is C30H60O3. The van der Waals surface area contributed by atoms with Crippen molar-refractivity contribution in [1.82, 2.24) is 0 Å². The predicted molar refractivity (Wildman–Crippen MR) is 145 cm³/mol. The molecule has 0 spiro atoms. The molecule has 0 aliphatic heterocycles. The number of aliphatic carboxylic acids is 1. The number of carbonyl (C=O) groups excluding carboxylic acids is 1. The minimum atomic E-state index is -0.656. The van der Waals surface area contributed by atoms with Crippen LogP contribution in [-0.4, -0.2) is 16.9 Å². The lowest BCUT2D eigenvalue weighted by atomic mass is 9.85. The van der Waals surface area contributed by atoms with Gasteiger partial charge in [0.15, 0.2) is 0 Å². The summed E-state index contributed by atoms with van der Waals surface area (Å²) in [4.78, 5) is 21.8. The Morgan fingerprint density at radius 3 is 1.30 bits per heavy atom. The lowest BCUT2D eigenvalue weighted by Crippen LogP contribution is -2.08. The predicted octanol–water partition coefficient (Wildman–Crippen LogP) is 10.2. The van der Waals surface area contributed by atoms with E-state index in [2.05, 4.69) is 34.6 Å². The standard InChI is InChI=1S/C17H34O2.C13H26O/c1-4-5-6-9-12-16(15(2)3)13-10-7-8-11-14-17(18)19;1-3-5-7-9-11-13(14)12-10-8-6-4-2/h15-16H,4-14H2,1-3H3,(H,18,19);3-12H2,1-2H3. The van der Waals surface area contributed by atoms with Crippen LogP contribution in [0.1, 0.15) is 169 Å². The maximum atomic E-state index is 11.4. The number of carboxylic acid groups (broad SMARTS) is 1. The molecule has 0 rings (SSSR count). The van der Waals surface area contributed by atoms with Crippen molar-refractivity contribution in [2.45, 2.75) is 169 Å². The first-order valence-electron chi connectivity index (χ1n) is 14.6. The summed E-state index contributed by atoms with van der Waals surface area (Å²) in [6.45, 7) is 11.3. The molecule has 33 heavy (non-hydrogen) atoms. The maximum absolute atomic E-state index is 11.4. The van der Waals surface area contributed by atoms with Gasteiger partial charge in [-0.3, -0.25) is 9.59 Å². The van der Waals surface area contributed by atoms with Gasteiger partial charge in [0, 0.05) is 19.3 Å². The van der Waals surface area contributed by atoms with E-state index in [0.717, 1.165) is 50.4 Å². The third-order valence-electron chi connectivity index (χ3n) is 6.71. The Kier molecular flexibility index (Phi) is 28.5. The van der Waals surface area contributed by atoms with Crippen LogP contribution in [0.15, 0.2) is 0 Å². The fourth-order valence-electron chi connectivity index (χ4n) is 4.30. The molecule has 0 amide bonds. The minimum Gasteiger partial charge on any atom is -0.481 e. The number of hydrogen-bond donors (Lipinski definition) is 1. The second kappa shape index (κ2) is 27.4.